The second kappa shape index (κ2) is 5.51. The number of nitro groups is 1. The van der Waals surface area contributed by atoms with E-state index in [2.05, 4.69) is 25.7 Å². The monoisotopic (exact) mass is 277 g/mol. The molecule has 9 heteroatoms. The molecule has 0 fully saturated rings. The largest absolute Gasteiger partial charge is 0.357 e. The fourth-order valence-electron chi connectivity index (χ4n) is 1.75. The van der Waals surface area contributed by atoms with Crippen molar-refractivity contribution in [1.29, 1.82) is 0 Å². The smallest absolute Gasteiger partial charge is 0.329 e. The molecule has 0 bridgehead atoms. The summed E-state index contributed by atoms with van der Waals surface area (Å²) < 4.78 is 1.65. The van der Waals surface area contributed by atoms with Crippen LogP contribution in [0.2, 0.25) is 0 Å². The Morgan fingerprint density at radius 1 is 1.50 bits per heavy atom. The zero-order valence-corrected chi connectivity index (χ0v) is 11.4. The molecule has 20 heavy (non-hydrogen) atoms. The van der Waals surface area contributed by atoms with Gasteiger partial charge in [0.2, 0.25) is 11.8 Å². The summed E-state index contributed by atoms with van der Waals surface area (Å²) in [6.07, 6.45) is 3.63. The summed E-state index contributed by atoms with van der Waals surface area (Å²) in [5, 5.41) is 21.0. The van der Waals surface area contributed by atoms with E-state index in [-0.39, 0.29) is 11.5 Å². The van der Waals surface area contributed by atoms with Gasteiger partial charge in [-0.2, -0.15) is 10.1 Å². The molecule has 0 radical (unpaired) electrons. The molecule has 0 amide bonds. The lowest BCUT2D eigenvalue weighted by Crippen LogP contribution is -2.04. The molecule has 106 valence electrons. The van der Waals surface area contributed by atoms with Gasteiger partial charge in [-0.25, -0.2) is 4.98 Å². The summed E-state index contributed by atoms with van der Waals surface area (Å²) in [6.45, 7) is 1.96. The predicted molar refractivity (Wildman–Crippen MR) is 74.1 cm³/mol. The molecule has 9 nitrogen and oxygen atoms in total. The molecule has 0 saturated carbocycles. The predicted octanol–water partition coefficient (Wildman–Crippen LogP) is 1.47. The number of anilines is 3. The first-order valence-corrected chi connectivity index (χ1v) is 6.03. The summed E-state index contributed by atoms with van der Waals surface area (Å²) in [6, 6.07) is 0. The third-order valence-corrected chi connectivity index (χ3v) is 2.68. The Morgan fingerprint density at radius 3 is 2.85 bits per heavy atom. The van der Waals surface area contributed by atoms with Crippen LogP contribution < -0.4 is 10.6 Å². The second-order valence-electron chi connectivity index (χ2n) is 4.08. The van der Waals surface area contributed by atoms with Crippen molar-refractivity contribution in [3.05, 3.63) is 28.2 Å². The molecule has 0 spiro atoms. The SMILES string of the molecule is CCc1nn(C)cc1Nc1nc(NC)ncc1[N+](=O)[O-]. The van der Waals surface area contributed by atoms with Crippen molar-refractivity contribution in [3.8, 4) is 0 Å². The summed E-state index contributed by atoms with van der Waals surface area (Å²) in [5.41, 5.74) is 1.32. The molecule has 0 aliphatic carbocycles. The minimum atomic E-state index is -0.524. The van der Waals surface area contributed by atoms with E-state index in [4.69, 9.17) is 0 Å². The fourth-order valence-corrected chi connectivity index (χ4v) is 1.75. The van der Waals surface area contributed by atoms with Crippen molar-refractivity contribution < 1.29 is 4.92 Å². The number of rotatable bonds is 5. The second-order valence-corrected chi connectivity index (χ2v) is 4.08. The van der Waals surface area contributed by atoms with Crippen LogP contribution in [-0.4, -0.2) is 31.7 Å². The van der Waals surface area contributed by atoms with Gasteiger partial charge in [-0.1, -0.05) is 6.92 Å². The Bertz CT molecular complexity index is 638. The molecule has 2 aromatic heterocycles. The highest BCUT2D eigenvalue weighted by atomic mass is 16.6. The van der Waals surface area contributed by atoms with E-state index in [1.165, 1.54) is 6.20 Å². The molecule has 0 aliphatic rings. The maximum absolute atomic E-state index is 11.0. The maximum atomic E-state index is 11.0. The third kappa shape index (κ3) is 2.66. The van der Waals surface area contributed by atoms with Crippen LogP contribution in [0.25, 0.3) is 0 Å². The molecule has 2 heterocycles. The lowest BCUT2D eigenvalue weighted by Gasteiger charge is -2.06. The van der Waals surface area contributed by atoms with E-state index in [9.17, 15) is 10.1 Å². The molecular formula is C11H15N7O2. The van der Waals surface area contributed by atoms with Crippen molar-refractivity contribution >= 4 is 23.1 Å². The Hall–Kier alpha value is -2.71. The number of hydrogen-bond donors (Lipinski definition) is 2. The molecule has 0 unspecified atom stereocenters. The number of aryl methyl sites for hydroxylation is 2. The van der Waals surface area contributed by atoms with Gasteiger partial charge in [0, 0.05) is 20.3 Å². The van der Waals surface area contributed by atoms with E-state index in [0.29, 0.717) is 18.1 Å². The fraction of sp³-hybridized carbons (Fsp3) is 0.364. The average molecular weight is 277 g/mol. The minimum absolute atomic E-state index is 0.136. The van der Waals surface area contributed by atoms with E-state index in [0.717, 1.165) is 5.69 Å². The van der Waals surface area contributed by atoms with Crippen LogP contribution in [0.1, 0.15) is 12.6 Å². The van der Waals surface area contributed by atoms with Gasteiger partial charge in [-0.3, -0.25) is 14.8 Å². The quantitative estimate of drug-likeness (QED) is 0.628. The standard InChI is InChI=1S/C11H15N7O2/c1-4-7-8(6-17(3)16-7)14-10-9(18(19)20)5-13-11(12-2)15-10/h5-6H,4H2,1-3H3,(H2,12,13,14,15). The van der Waals surface area contributed by atoms with Crippen LogP contribution >= 0.6 is 0 Å². The molecule has 0 aromatic carbocycles. The summed E-state index contributed by atoms with van der Waals surface area (Å²) in [5.74, 6) is 0.442. The molecule has 2 rings (SSSR count). The first-order chi connectivity index (χ1) is 9.55. The molecule has 0 atom stereocenters. The number of nitrogens with one attached hydrogen (secondary N) is 2. The third-order valence-electron chi connectivity index (χ3n) is 2.68. The van der Waals surface area contributed by atoms with Gasteiger partial charge in [-0.05, 0) is 6.42 Å². The van der Waals surface area contributed by atoms with Gasteiger partial charge >= 0.3 is 5.69 Å². The van der Waals surface area contributed by atoms with Crippen molar-refractivity contribution in [1.82, 2.24) is 19.7 Å². The zero-order chi connectivity index (χ0) is 14.7. The van der Waals surface area contributed by atoms with Crippen molar-refractivity contribution in [2.45, 2.75) is 13.3 Å². The van der Waals surface area contributed by atoms with Gasteiger partial charge in [0.15, 0.2) is 0 Å². The minimum Gasteiger partial charge on any atom is -0.357 e. The number of aromatic nitrogens is 4. The van der Waals surface area contributed by atoms with Gasteiger partial charge in [-0.15, -0.1) is 0 Å². The van der Waals surface area contributed by atoms with Crippen LogP contribution in [0.3, 0.4) is 0 Å². The summed E-state index contributed by atoms with van der Waals surface area (Å²) in [4.78, 5) is 18.4. The number of hydrogen-bond acceptors (Lipinski definition) is 7. The highest BCUT2D eigenvalue weighted by Gasteiger charge is 2.19. The summed E-state index contributed by atoms with van der Waals surface area (Å²) >= 11 is 0. The topological polar surface area (TPSA) is 111 Å². The molecule has 2 aromatic rings. The molecule has 0 saturated heterocycles. The van der Waals surface area contributed by atoms with Gasteiger partial charge < -0.3 is 10.6 Å². The van der Waals surface area contributed by atoms with Crippen LogP contribution in [-0.2, 0) is 13.5 Å². The molecule has 0 aliphatic heterocycles. The molecular weight excluding hydrogens is 262 g/mol. The van der Waals surface area contributed by atoms with Crippen LogP contribution in [0.5, 0.6) is 0 Å². The zero-order valence-electron chi connectivity index (χ0n) is 11.4. The first-order valence-electron chi connectivity index (χ1n) is 6.03. The Balaban J connectivity index is 2.42. The lowest BCUT2D eigenvalue weighted by molar-refractivity contribution is -0.384. The Labute approximate surface area is 115 Å². The Kier molecular flexibility index (Phi) is 3.78. The van der Waals surface area contributed by atoms with E-state index >= 15 is 0 Å². The van der Waals surface area contributed by atoms with Crippen molar-refractivity contribution in [2.75, 3.05) is 17.7 Å². The van der Waals surface area contributed by atoms with Crippen LogP contribution in [0, 0.1) is 10.1 Å². The highest BCUT2D eigenvalue weighted by Crippen LogP contribution is 2.27. The number of nitrogens with zero attached hydrogens (tertiary/aromatic N) is 5. The molecule has 2 N–H and O–H groups in total. The normalized spacial score (nSPS) is 10.3. The lowest BCUT2D eigenvalue weighted by atomic mass is 10.3. The van der Waals surface area contributed by atoms with E-state index in [1.807, 2.05) is 6.92 Å². The average Bonchev–Trinajstić information content (AvgIpc) is 2.78. The Morgan fingerprint density at radius 2 is 2.25 bits per heavy atom. The van der Waals surface area contributed by atoms with E-state index < -0.39 is 4.92 Å². The van der Waals surface area contributed by atoms with Gasteiger partial charge in [0.25, 0.3) is 0 Å². The van der Waals surface area contributed by atoms with E-state index in [1.54, 1.807) is 25.0 Å². The van der Waals surface area contributed by atoms with Crippen molar-refractivity contribution in [3.63, 3.8) is 0 Å². The van der Waals surface area contributed by atoms with Gasteiger partial charge in [0.1, 0.15) is 6.20 Å². The van der Waals surface area contributed by atoms with Gasteiger partial charge in [0.05, 0.1) is 16.3 Å². The van der Waals surface area contributed by atoms with Crippen LogP contribution in [0.15, 0.2) is 12.4 Å². The summed E-state index contributed by atoms with van der Waals surface area (Å²) in [7, 11) is 3.43. The van der Waals surface area contributed by atoms with Crippen molar-refractivity contribution in [2.24, 2.45) is 7.05 Å². The first kappa shape index (κ1) is 13.7. The highest BCUT2D eigenvalue weighted by molar-refractivity contribution is 5.67. The maximum Gasteiger partial charge on any atom is 0.329 e. The van der Waals surface area contributed by atoms with Crippen LogP contribution in [0.4, 0.5) is 23.1 Å².